The van der Waals surface area contributed by atoms with Gasteiger partial charge in [-0.3, -0.25) is 0 Å². The summed E-state index contributed by atoms with van der Waals surface area (Å²) in [6.07, 6.45) is 4.04. The van der Waals surface area contributed by atoms with Crippen molar-refractivity contribution in [3.8, 4) is 0 Å². The topological polar surface area (TPSA) is 14.1 Å². The summed E-state index contributed by atoms with van der Waals surface area (Å²) in [5.74, 6) is 0. The molecule has 0 unspecified atom stereocenters. The van der Waals surface area contributed by atoms with Gasteiger partial charge in [0, 0.05) is 0 Å². The van der Waals surface area contributed by atoms with E-state index in [1.807, 2.05) is 19.9 Å². The van der Waals surface area contributed by atoms with Gasteiger partial charge in [0.15, 0.2) is 0 Å². The van der Waals surface area contributed by atoms with Crippen LogP contribution in [0.5, 0.6) is 0 Å². The molecule has 0 saturated carbocycles. The molecule has 0 radical (unpaired) electrons. The largest absolute Gasteiger partial charge is 1.00 e. The summed E-state index contributed by atoms with van der Waals surface area (Å²) in [5, 5.41) is 4.28. The Bertz CT molecular complexity index is 226. The predicted molar refractivity (Wildman–Crippen MR) is 61.1 cm³/mol. The Labute approximate surface area is 138 Å². The maximum Gasteiger partial charge on any atom is 1.00 e. The molecule has 0 atom stereocenters. The van der Waals surface area contributed by atoms with Gasteiger partial charge in [0.25, 0.3) is 0 Å². The molecular formula is C12H20NRb. The molecule has 0 aliphatic carbocycles. The molecule has 0 aromatic heterocycles. The Morgan fingerprint density at radius 1 is 1.36 bits per heavy atom. The minimum Gasteiger partial charge on any atom is -0.655 e. The molecule has 14 heavy (non-hydrogen) atoms. The van der Waals surface area contributed by atoms with Crippen LogP contribution in [-0.4, -0.2) is 13.1 Å². The van der Waals surface area contributed by atoms with Crippen LogP contribution in [0.1, 0.15) is 27.7 Å². The molecule has 0 bridgehead atoms. The molecule has 1 nitrogen and oxygen atoms in total. The minimum atomic E-state index is 0. The third-order valence-corrected chi connectivity index (χ3v) is 1.90. The molecule has 0 saturated heterocycles. The summed E-state index contributed by atoms with van der Waals surface area (Å²) in [6.45, 7) is 13.7. The van der Waals surface area contributed by atoms with E-state index in [9.17, 15) is 0 Å². The third-order valence-electron chi connectivity index (χ3n) is 1.90. The standard InChI is InChI=1S/C10H14N.C2H6.Rb/c1-4-8(2)5-10-7-11-6-9(10)3;1-2;/h4-5H,1,6-7H2,2-3H3;1-2H3;/q-1;;+1/b8-5-;;. The van der Waals surface area contributed by atoms with Crippen molar-refractivity contribution in [2.75, 3.05) is 13.1 Å². The first kappa shape index (κ1) is 17.4. The molecule has 0 aromatic carbocycles. The van der Waals surface area contributed by atoms with Gasteiger partial charge >= 0.3 is 58.2 Å². The van der Waals surface area contributed by atoms with Gasteiger partial charge in [-0.2, -0.15) is 0 Å². The quantitative estimate of drug-likeness (QED) is 0.656. The van der Waals surface area contributed by atoms with Crippen molar-refractivity contribution in [3.05, 3.63) is 40.8 Å². The van der Waals surface area contributed by atoms with Crippen LogP contribution < -0.4 is 58.2 Å². The van der Waals surface area contributed by atoms with Gasteiger partial charge in [-0.25, -0.2) is 0 Å². The van der Waals surface area contributed by atoms with Crippen LogP contribution in [-0.2, 0) is 0 Å². The second kappa shape index (κ2) is 10.5. The summed E-state index contributed by atoms with van der Waals surface area (Å²) in [4.78, 5) is 0. The van der Waals surface area contributed by atoms with Crippen molar-refractivity contribution < 1.29 is 58.2 Å². The summed E-state index contributed by atoms with van der Waals surface area (Å²) in [6, 6.07) is 0. The first-order valence-electron chi connectivity index (χ1n) is 4.86. The smallest absolute Gasteiger partial charge is 0.655 e. The molecule has 0 amide bonds. The summed E-state index contributed by atoms with van der Waals surface area (Å²) in [5.41, 5.74) is 3.98. The first-order chi connectivity index (χ1) is 6.24. The number of nitrogens with zero attached hydrogens (tertiary/aromatic N) is 1. The van der Waals surface area contributed by atoms with Gasteiger partial charge in [-0.1, -0.05) is 49.3 Å². The van der Waals surface area contributed by atoms with Crippen molar-refractivity contribution >= 4 is 0 Å². The van der Waals surface area contributed by atoms with E-state index in [0.29, 0.717) is 0 Å². The Kier molecular flexibility index (Phi) is 13.0. The van der Waals surface area contributed by atoms with Gasteiger partial charge in [0.2, 0.25) is 0 Å². The zero-order chi connectivity index (χ0) is 10.3. The van der Waals surface area contributed by atoms with Gasteiger partial charge in [-0.15, -0.1) is 13.1 Å². The van der Waals surface area contributed by atoms with Gasteiger partial charge in [-0.05, 0) is 13.8 Å². The SMILES string of the molecule is C=C/C(C)=C\C1=C(C)C[N-]C1.CC.[Rb+]. The molecular weight excluding hydrogens is 244 g/mol. The van der Waals surface area contributed by atoms with Crippen LogP contribution >= 0.6 is 0 Å². The number of hydrogen-bond acceptors (Lipinski definition) is 0. The molecule has 0 fully saturated rings. The Hall–Kier alpha value is 0.985. The van der Waals surface area contributed by atoms with E-state index in [4.69, 9.17) is 0 Å². The zero-order valence-corrected chi connectivity index (χ0v) is 15.1. The maximum atomic E-state index is 4.28. The Morgan fingerprint density at radius 2 is 1.93 bits per heavy atom. The fraction of sp³-hybridized carbons (Fsp3) is 0.500. The zero-order valence-electron chi connectivity index (χ0n) is 10.2. The molecule has 0 spiro atoms. The van der Waals surface area contributed by atoms with Crippen LogP contribution in [0, 0.1) is 0 Å². The molecule has 74 valence electrons. The van der Waals surface area contributed by atoms with E-state index in [-0.39, 0.29) is 58.2 Å². The molecule has 1 aliphatic rings. The molecule has 1 heterocycles. The molecule has 1 aliphatic heterocycles. The van der Waals surface area contributed by atoms with E-state index in [1.54, 1.807) is 0 Å². The van der Waals surface area contributed by atoms with Crippen molar-refractivity contribution in [1.29, 1.82) is 0 Å². The van der Waals surface area contributed by atoms with E-state index >= 15 is 0 Å². The van der Waals surface area contributed by atoms with E-state index in [2.05, 4.69) is 31.8 Å². The van der Waals surface area contributed by atoms with Crippen LogP contribution in [0.15, 0.2) is 35.5 Å². The normalized spacial score (nSPS) is 15.6. The minimum absolute atomic E-state index is 0. The fourth-order valence-electron chi connectivity index (χ4n) is 1.08. The van der Waals surface area contributed by atoms with Crippen molar-refractivity contribution in [3.63, 3.8) is 0 Å². The summed E-state index contributed by atoms with van der Waals surface area (Å²) in [7, 11) is 0. The average molecular weight is 264 g/mol. The summed E-state index contributed by atoms with van der Waals surface area (Å²) < 4.78 is 0. The maximum absolute atomic E-state index is 4.28. The van der Waals surface area contributed by atoms with Gasteiger partial charge < -0.3 is 5.32 Å². The third kappa shape index (κ3) is 6.47. The predicted octanol–water partition coefficient (Wildman–Crippen LogP) is 0.853. The van der Waals surface area contributed by atoms with Crippen molar-refractivity contribution in [2.45, 2.75) is 27.7 Å². The van der Waals surface area contributed by atoms with E-state index in [0.717, 1.165) is 13.1 Å². The van der Waals surface area contributed by atoms with Crippen LogP contribution in [0.25, 0.3) is 5.32 Å². The first-order valence-corrected chi connectivity index (χ1v) is 4.86. The van der Waals surface area contributed by atoms with Crippen molar-refractivity contribution in [1.82, 2.24) is 0 Å². The second-order valence-corrected chi connectivity index (χ2v) is 2.94. The Morgan fingerprint density at radius 3 is 2.29 bits per heavy atom. The van der Waals surface area contributed by atoms with E-state index in [1.165, 1.54) is 16.7 Å². The Balaban J connectivity index is 0. The fourth-order valence-corrected chi connectivity index (χ4v) is 1.08. The molecule has 0 N–H and O–H groups in total. The van der Waals surface area contributed by atoms with Crippen LogP contribution in [0.2, 0.25) is 0 Å². The van der Waals surface area contributed by atoms with E-state index < -0.39 is 0 Å². The molecule has 2 heteroatoms. The van der Waals surface area contributed by atoms with Crippen molar-refractivity contribution in [2.24, 2.45) is 0 Å². The number of allylic oxidation sites excluding steroid dienone is 2. The monoisotopic (exact) mass is 263 g/mol. The van der Waals surface area contributed by atoms with Crippen LogP contribution in [0.4, 0.5) is 0 Å². The van der Waals surface area contributed by atoms with Gasteiger partial charge in [0.1, 0.15) is 0 Å². The number of hydrogen-bond donors (Lipinski definition) is 0. The summed E-state index contributed by atoms with van der Waals surface area (Å²) >= 11 is 0. The second-order valence-electron chi connectivity index (χ2n) is 2.94. The van der Waals surface area contributed by atoms with Gasteiger partial charge in [0.05, 0.1) is 0 Å². The molecule has 0 aromatic rings. The van der Waals surface area contributed by atoms with Crippen LogP contribution in [0.3, 0.4) is 0 Å². The molecule has 1 rings (SSSR count). The number of rotatable bonds is 2. The average Bonchev–Trinajstić information content (AvgIpc) is 2.55.